The van der Waals surface area contributed by atoms with Gasteiger partial charge in [-0.1, -0.05) is 11.6 Å². The van der Waals surface area contributed by atoms with Gasteiger partial charge in [-0.2, -0.15) is 0 Å². The summed E-state index contributed by atoms with van der Waals surface area (Å²) in [5, 5.41) is 2.87. The van der Waals surface area contributed by atoms with Gasteiger partial charge in [-0.25, -0.2) is 8.78 Å². The lowest BCUT2D eigenvalue weighted by atomic mass is 10.2. The predicted octanol–water partition coefficient (Wildman–Crippen LogP) is 4.01. The number of anilines is 2. The average Bonchev–Trinajstić information content (AvgIpc) is 2.58. The fourth-order valence-corrected chi connectivity index (χ4v) is 2.50. The topological polar surface area (TPSA) is 58.6 Å². The van der Waals surface area contributed by atoms with E-state index < -0.39 is 17.5 Å². The molecule has 2 rings (SSSR count). The number of methoxy groups -OCH3 is 1. The van der Waals surface area contributed by atoms with Gasteiger partial charge in [0.15, 0.2) is 11.6 Å². The summed E-state index contributed by atoms with van der Waals surface area (Å²) in [6.45, 7) is 1.41. The van der Waals surface area contributed by atoms with Crippen LogP contribution in [0.4, 0.5) is 20.2 Å². The minimum Gasteiger partial charge on any atom is -0.495 e. The van der Waals surface area contributed by atoms with Crippen LogP contribution in [0.5, 0.6) is 5.75 Å². The van der Waals surface area contributed by atoms with Crippen LogP contribution in [0.25, 0.3) is 0 Å². The molecule has 0 atom stereocenters. The van der Waals surface area contributed by atoms with Crippen molar-refractivity contribution in [2.75, 3.05) is 23.9 Å². The number of hydrogen-bond donors (Lipinski definition) is 1. The fourth-order valence-electron chi connectivity index (χ4n) is 2.33. The molecule has 0 radical (unpaired) electrons. The van der Waals surface area contributed by atoms with E-state index in [1.54, 1.807) is 18.2 Å². The Balaban J connectivity index is 2.09. The van der Waals surface area contributed by atoms with E-state index in [2.05, 4.69) is 5.32 Å². The Kier molecular flexibility index (Phi) is 6.52. The number of amides is 2. The average molecular weight is 383 g/mol. The number of ether oxygens (including phenoxy) is 1. The van der Waals surface area contributed by atoms with Gasteiger partial charge in [0.05, 0.1) is 12.8 Å². The zero-order valence-corrected chi connectivity index (χ0v) is 14.9. The van der Waals surface area contributed by atoms with Crippen molar-refractivity contribution in [1.29, 1.82) is 0 Å². The van der Waals surface area contributed by atoms with Gasteiger partial charge in [-0.15, -0.1) is 0 Å². The molecule has 2 amide bonds. The Morgan fingerprint density at radius 3 is 2.50 bits per heavy atom. The lowest BCUT2D eigenvalue weighted by Gasteiger charge is -2.23. The molecule has 0 saturated carbocycles. The van der Waals surface area contributed by atoms with Gasteiger partial charge in [0.2, 0.25) is 11.8 Å². The van der Waals surface area contributed by atoms with E-state index >= 15 is 0 Å². The monoisotopic (exact) mass is 382 g/mol. The van der Waals surface area contributed by atoms with Crippen molar-refractivity contribution in [2.45, 2.75) is 13.3 Å². The third-order valence-electron chi connectivity index (χ3n) is 3.58. The summed E-state index contributed by atoms with van der Waals surface area (Å²) in [6, 6.07) is 7.86. The van der Waals surface area contributed by atoms with Crippen molar-refractivity contribution in [1.82, 2.24) is 0 Å². The quantitative estimate of drug-likeness (QED) is 0.821. The second-order valence-corrected chi connectivity index (χ2v) is 5.85. The van der Waals surface area contributed by atoms with E-state index in [0.29, 0.717) is 16.5 Å². The summed E-state index contributed by atoms with van der Waals surface area (Å²) in [5.41, 5.74) is 0.566. The minimum absolute atomic E-state index is 0.0571. The van der Waals surface area contributed by atoms with Gasteiger partial charge in [-0.3, -0.25) is 9.59 Å². The summed E-state index contributed by atoms with van der Waals surface area (Å²) in [4.78, 5) is 25.4. The summed E-state index contributed by atoms with van der Waals surface area (Å²) in [5.74, 6) is -2.38. The third-order valence-corrected chi connectivity index (χ3v) is 3.81. The van der Waals surface area contributed by atoms with E-state index in [1.165, 1.54) is 25.0 Å². The van der Waals surface area contributed by atoms with Gasteiger partial charge in [0.1, 0.15) is 5.75 Å². The Bertz CT molecular complexity index is 830. The molecule has 0 saturated heterocycles. The normalized spacial score (nSPS) is 10.3. The van der Waals surface area contributed by atoms with Crippen LogP contribution in [0.3, 0.4) is 0 Å². The van der Waals surface area contributed by atoms with Gasteiger partial charge in [-0.05, 0) is 30.3 Å². The van der Waals surface area contributed by atoms with Crippen molar-refractivity contribution in [3.05, 3.63) is 53.1 Å². The summed E-state index contributed by atoms with van der Waals surface area (Å²) < 4.78 is 31.3. The lowest BCUT2D eigenvalue weighted by Crippen LogP contribution is -2.32. The molecule has 2 aromatic carbocycles. The molecule has 0 spiro atoms. The molecule has 26 heavy (non-hydrogen) atoms. The van der Waals surface area contributed by atoms with Gasteiger partial charge >= 0.3 is 0 Å². The summed E-state index contributed by atoms with van der Waals surface area (Å²) in [7, 11) is 1.46. The SMILES string of the molecule is COc1ccc(Cl)cc1N(CCC(=O)Nc1ccc(F)c(F)c1)C(C)=O. The van der Waals surface area contributed by atoms with Crippen LogP contribution in [-0.4, -0.2) is 25.5 Å². The molecule has 2 aromatic rings. The molecule has 0 fully saturated rings. The number of carbonyl (C=O) groups is 2. The van der Waals surface area contributed by atoms with Crippen LogP contribution in [0.15, 0.2) is 36.4 Å². The van der Waals surface area contributed by atoms with Crippen LogP contribution >= 0.6 is 11.6 Å². The molecule has 0 heterocycles. The maximum atomic E-state index is 13.2. The van der Waals surface area contributed by atoms with Crippen LogP contribution in [-0.2, 0) is 9.59 Å². The molecule has 0 aliphatic rings. The number of halogens is 3. The first-order chi connectivity index (χ1) is 12.3. The van der Waals surface area contributed by atoms with Crippen LogP contribution in [0.2, 0.25) is 5.02 Å². The van der Waals surface area contributed by atoms with Crippen LogP contribution in [0.1, 0.15) is 13.3 Å². The first-order valence-corrected chi connectivity index (χ1v) is 8.06. The highest BCUT2D eigenvalue weighted by Crippen LogP contribution is 2.31. The first-order valence-electron chi connectivity index (χ1n) is 7.68. The number of carbonyl (C=O) groups excluding carboxylic acids is 2. The van der Waals surface area contributed by atoms with E-state index in [0.717, 1.165) is 12.1 Å². The number of nitrogens with one attached hydrogen (secondary N) is 1. The van der Waals surface area contributed by atoms with Crippen molar-refractivity contribution in [2.24, 2.45) is 0 Å². The number of rotatable bonds is 6. The highest BCUT2D eigenvalue weighted by Gasteiger charge is 2.18. The number of hydrogen-bond acceptors (Lipinski definition) is 3. The summed E-state index contributed by atoms with van der Waals surface area (Å²) >= 11 is 5.98. The zero-order chi connectivity index (χ0) is 19.3. The van der Waals surface area contributed by atoms with E-state index in [1.807, 2.05) is 0 Å². The predicted molar refractivity (Wildman–Crippen MR) is 95.6 cm³/mol. The number of benzene rings is 2. The fraction of sp³-hybridized carbons (Fsp3) is 0.222. The largest absolute Gasteiger partial charge is 0.495 e. The first kappa shape index (κ1) is 19.7. The highest BCUT2D eigenvalue weighted by molar-refractivity contribution is 6.31. The number of nitrogens with zero attached hydrogens (tertiary/aromatic N) is 1. The second kappa shape index (κ2) is 8.62. The maximum absolute atomic E-state index is 13.2. The molecule has 0 bridgehead atoms. The molecule has 8 heteroatoms. The van der Waals surface area contributed by atoms with Gasteiger partial charge in [0, 0.05) is 36.7 Å². The maximum Gasteiger partial charge on any atom is 0.226 e. The van der Waals surface area contributed by atoms with Crippen molar-refractivity contribution < 1.29 is 23.1 Å². The lowest BCUT2D eigenvalue weighted by molar-refractivity contribution is -0.117. The zero-order valence-electron chi connectivity index (χ0n) is 14.2. The van der Waals surface area contributed by atoms with Crippen LogP contribution in [0, 0.1) is 11.6 Å². The van der Waals surface area contributed by atoms with Crippen molar-refractivity contribution >= 4 is 34.8 Å². The van der Waals surface area contributed by atoms with Gasteiger partial charge < -0.3 is 15.0 Å². The highest BCUT2D eigenvalue weighted by atomic mass is 35.5. The van der Waals surface area contributed by atoms with E-state index in [9.17, 15) is 18.4 Å². The molecule has 0 aromatic heterocycles. The van der Waals surface area contributed by atoms with Crippen molar-refractivity contribution in [3.63, 3.8) is 0 Å². The standard InChI is InChI=1S/C18H17ClF2N2O3/c1-11(24)23(16-9-12(19)3-6-17(16)26-2)8-7-18(25)22-13-4-5-14(20)15(21)10-13/h3-6,9-10H,7-8H2,1-2H3,(H,22,25). The minimum atomic E-state index is -1.06. The van der Waals surface area contributed by atoms with E-state index in [4.69, 9.17) is 16.3 Å². The van der Waals surface area contributed by atoms with Crippen LogP contribution < -0.4 is 15.0 Å². The Morgan fingerprint density at radius 1 is 1.15 bits per heavy atom. The molecule has 0 aliphatic heterocycles. The molecule has 0 unspecified atom stereocenters. The van der Waals surface area contributed by atoms with Crippen molar-refractivity contribution in [3.8, 4) is 5.75 Å². The molecule has 5 nitrogen and oxygen atoms in total. The Hall–Kier alpha value is -2.67. The van der Waals surface area contributed by atoms with E-state index in [-0.39, 0.29) is 24.6 Å². The Morgan fingerprint density at radius 2 is 1.88 bits per heavy atom. The van der Waals surface area contributed by atoms with Gasteiger partial charge in [0.25, 0.3) is 0 Å². The molecular weight excluding hydrogens is 366 g/mol. The molecular formula is C18H17ClF2N2O3. The Labute approximate surface area is 154 Å². The molecule has 138 valence electrons. The molecule has 0 aliphatic carbocycles. The third kappa shape index (κ3) is 4.92. The summed E-state index contributed by atoms with van der Waals surface area (Å²) in [6.07, 6.45) is -0.0613. The smallest absolute Gasteiger partial charge is 0.226 e. The molecule has 1 N–H and O–H groups in total. The second-order valence-electron chi connectivity index (χ2n) is 5.41.